The summed E-state index contributed by atoms with van der Waals surface area (Å²) in [5.41, 5.74) is 3.10. The van der Waals surface area contributed by atoms with Gasteiger partial charge in [-0.05, 0) is 72.3 Å². The molecule has 37 heavy (non-hydrogen) atoms. The highest BCUT2D eigenvalue weighted by atomic mass is 35.5. The van der Waals surface area contributed by atoms with E-state index in [0.717, 1.165) is 16.9 Å². The van der Waals surface area contributed by atoms with E-state index in [4.69, 9.17) is 33.3 Å². The SMILES string of the molecule is COc1cc(/C=C2\SC(=S)N(c3ccc(N(C)C)cc3)C2=O)ccc1OCC(=O)Nc1ccc(Cl)cc1. The third-order valence-corrected chi connectivity index (χ3v) is 6.94. The Balaban J connectivity index is 1.44. The highest BCUT2D eigenvalue weighted by molar-refractivity contribution is 8.27. The van der Waals surface area contributed by atoms with Crippen LogP contribution in [-0.4, -0.2) is 43.9 Å². The summed E-state index contributed by atoms with van der Waals surface area (Å²) in [4.78, 5) is 29.4. The summed E-state index contributed by atoms with van der Waals surface area (Å²) in [6.45, 7) is -0.205. The Hall–Kier alpha value is -3.53. The maximum atomic E-state index is 13.1. The predicted octanol–water partition coefficient (Wildman–Crippen LogP) is 5.84. The van der Waals surface area contributed by atoms with Crippen molar-refractivity contribution in [2.75, 3.05) is 42.9 Å². The number of ether oxygens (including phenoxy) is 2. The van der Waals surface area contributed by atoms with Crippen LogP contribution in [0.4, 0.5) is 17.1 Å². The van der Waals surface area contributed by atoms with Gasteiger partial charge in [0, 0.05) is 30.5 Å². The molecule has 0 atom stereocenters. The summed E-state index contributed by atoms with van der Waals surface area (Å²) in [5.74, 6) is 0.323. The van der Waals surface area contributed by atoms with Crippen LogP contribution >= 0.6 is 35.6 Å². The number of benzene rings is 3. The second-order valence-corrected chi connectivity index (χ2v) is 10.3. The van der Waals surface area contributed by atoms with Gasteiger partial charge in [-0.25, -0.2) is 0 Å². The zero-order chi connectivity index (χ0) is 26.5. The first kappa shape index (κ1) is 26.5. The molecular formula is C27H24ClN3O4S2. The Morgan fingerprint density at radius 1 is 1.08 bits per heavy atom. The third kappa shape index (κ3) is 6.43. The lowest BCUT2D eigenvalue weighted by Gasteiger charge is -2.17. The Labute approximate surface area is 230 Å². The number of rotatable bonds is 8. The van der Waals surface area contributed by atoms with Crippen molar-refractivity contribution in [1.29, 1.82) is 0 Å². The molecule has 10 heteroatoms. The molecule has 4 rings (SSSR count). The first-order valence-electron chi connectivity index (χ1n) is 11.2. The molecule has 1 heterocycles. The van der Waals surface area contributed by atoms with Crippen LogP contribution in [0.1, 0.15) is 5.56 Å². The molecule has 3 aromatic rings. The van der Waals surface area contributed by atoms with E-state index in [0.29, 0.717) is 31.4 Å². The van der Waals surface area contributed by atoms with Gasteiger partial charge < -0.3 is 19.7 Å². The van der Waals surface area contributed by atoms with Crippen LogP contribution in [0.3, 0.4) is 0 Å². The first-order chi connectivity index (χ1) is 17.7. The standard InChI is InChI=1S/C27H24ClN3O4S2/c1-30(2)20-9-11-21(12-10-20)31-26(33)24(37-27(31)36)15-17-4-13-22(23(14-17)34-3)35-16-25(32)29-19-7-5-18(28)6-8-19/h4-15H,16H2,1-3H3,(H,29,32)/b24-15-. The maximum absolute atomic E-state index is 13.1. The highest BCUT2D eigenvalue weighted by Crippen LogP contribution is 2.37. The summed E-state index contributed by atoms with van der Waals surface area (Å²) >= 11 is 12.6. The zero-order valence-electron chi connectivity index (χ0n) is 20.4. The largest absolute Gasteiger partial charge is 0.493 e. The quantitative estimate of drug-likeness (QED) is 0.278. The number of hydrogen-bond donors (Lipinski definition) is 1. The van der Waals surface area contributed by atoms with Gasteiger partial charge in [-0.2, -0.15) is 0 Å². The van der Waals surface area contributed by atoms with E-state index >= 15 is 0 Å². The number of nitrogens with one attached hydrogen (secondary N) is 1. The summed E-state index contributed by atoms with van der Waals surface area (Å²) in [7, 11) is 5.42. The Bertz CT molecular complexity index is 1360. The van der Waals surface area contributed by atoms with Crippen LogP contribution < -0.4 is 24.6 Å². The van der Waals surface area contributed by atoms with Crippen LogP contribution in [0, 0.1) is 0 Å². The molecule has 0 unspecified atom stereocenters. The summed E-state index contributed by atoms with van der Waals surface area (Å²) in [5, 5.41) is 3.32. The molecule has 3 aromatic carbocycles. The molecule has 0 aromatic heterocycles. The molecule has 1 aliphatic rings. The fourth-order valence-corrected chi connectivity index (χ4v) is 4.93. The summed E-state index contributed by atoms with van der Waals surface area (Å²) in [6.07, 6.45) is 1.76. The van der Waals surface area contributed by atoms with Gasteiger partial charge >= 0.3 is 0 Å². The van der Waals surface area contributed by atoms with Gasteiger partial charge in [0.2, 0.25) is 0 Å². The Morgan fingerprint density at radius 3 is 2.43 bits per heavy atom. The molecule has 1 fully saturated rings. The second kappa shape index (κ2) is 11.7. The van der Waals surface area contributed by atoms with Crippen molar-refractivity contribution in [3.05, 3.63) is 82.2 Å². The summed E-state index contributed by atoms with van der Waals surface area (Å²) in [6, 6.07) is 19.6. The molecule has 7 nitrogen and oxygen atoms in total. The monoisotopic (exact) mass is 553 g/mol. The van der Waals surface area contributed by atoms with E-state index in [9.17, 15) is 9.59 Å². The molecule has 0 aliphatic carbocycles. The fourth-order valence-electron chi connectivity index (χ4n) is 3.51. The molecular weight excluding hydrogens is 530 g/mol. The van der Waals surface area contributed by atoms with E-state index in [1.807, 2.05) is 43.3 Å². The maximum Gasteiger partial charge on any atom is 0.270 e. The normalized spacial score (nSPS) is 14.2. The van der Waals surface area contributed by atoms with Gasteiger partial charge in [0.15, 0.2) is 22.4 Å². The molecule has 1 saturated heterocycles. The minimum absolute atomic E-state index is 0.189. The van der Waals surface area contributed by atoms with Gasteiger partial charge in [-0.1, -0.05) is 41.6 Å². The number of nitrogens with zero attached hydrogens (tertiary/aromatic N) is 2. The fraction of sp³-hybridized carbons (Fsp3) is 0.148. The molecule has 1 N–H and O–H groups in total. The topological polar surface area (TPSA) is 71.1 Å². The second-order valence-electron chi connectivity index (χ2n) is 8.18. The number of thioether (sulfide) groups is 1. The molecule has 0 saturated carbocycles. The van der Waals surface area contributed by atoms with Crippen molar-refractivity contribution in [2.24, 2.45) is 0 Å². The number of carbonyl (C=O) groups is 2. The van der Waals surface area contributed by atoms with Crippen LogP contribution in [0.15, 0.2) is 71.6 Å². The van der Waals surface area contributed by atoms with Crippen molar-refractivity contribution >= 4 is 74.9 Å². The average molecular weight is 554 g/mol. The van der Waals surface area contributed by atoms with Gasteiger partial charge in [0.25, 0.3) is 11.8 Å². The van der Waals surface area contributed by atoms with E-state index < -0.39 is 0 Å². The van der Waals surface area contributed by atoms with Crippen molar-refractivity contribution in [2.45, 2.75) is 0 Å². The number of methoxy groups -OCH3 is 1. The zero-order valence-corrected chi connectivity index (χ0v) is 22.7. The number of anilines is 3. The Kier molecular flexibility index (Phi) is 8.38. The number of amides is 2. The average Bonchev–Trinajstić information content (AvgIpc) is 3.16. The van der Waals surface area contributed by atoms with Crippen LogP contribution in [0.25, 0.3) is 6.08 Å². The molecule has 1 aliphatic heterocycles. The van der Waals surface area contributed by atoms with Gasteiger partial charge in [-0.15, -0.1) is 0 Å². The number of carbonyl (C=O) groups excluding carboxylic acids is 2. The van der Waals surface area contributed by atoms with Crippen LogP contribution in [-0.2, 0) is 9.59 Å². The molecule has 0 spiro atoms. The van der Waals surface area contributed by atoms with Crippen molar-refractivity contribution < 1.29 is 19.1 Å². The van der Waals surface area contributed by atoms with Crippen molar-refractivity contribution in [1.82, 2.24) is 0 Å². The smallest absolute Gasteiger partial charge is 0.270 e. The highest BCUT2D eigenvalue weighted by Gasteiger charge is 2.33. The molecule has 0 radical (unpaired) electrons. The first-order valence-corrected chi connectivity index (χ1v) is 12.8. The minimum atomic E-state index is -0.323. The minimum Gasteiger partial charge on any atom is -0.493 e. The van der Waals surface area contributed by atoms with E-state index in [1.54, 1.807) is 48.5 Å². The lowest BCUT2D eigenvalue weighted by molar-refractivity contribution is -0.118. The Morgan fingerprint density at radius 2 is 1.78 bits per heavy atom. The van der Waals surface area contributed by atoms with E-state index in [-0.39, 0.29) is 18.4 Å². The van der Waals surface area contributed by atoms with Gasteiger partial charge in [0.1, 0.15) is 0 Å². The van der Waals surface area contributed by atoms with Crippen LogP contribution in [0.2, 0.25) is 5.02 Å². The number of thiocarbonyl (C=S) groups is 1. The number of halogens is 1. The summed E-state index contributed by atoms with van der Waals surface area (Å²) < 4.78 is 11.6. The van der Waals surface area contributed by atoms with Crippen molar-refractivity contribution in [3.8, 4) is 11.5 Å². The van der Waals surface area contributed by atoms with Gasteiger partial charge in [-0.3, -0.25) is 14.5 Å². The third-order valence-electron chi connectivity index (χ3n) is 5.39. The van der Waals surface area contributed by atoms with Crippen LogP contribution in [0.5, 0.6) is 11.5 Å². The van der Waals surface area contributed by atoms with Gasteiger partial charge in [0.05, 0.1) is 17.7 Å². The van der Waals surface area contributed by atoms with E-state index in [2.05, 4.69) is 5.32 Å². The number of hydrogen-bond acceptors (Lipinski definition) is 7. The van der Waals surface area contributed by atoms with Crippen molar-refractivity contribution in [3.63, 3.8) is 0 Å². The molecule has 0 bridgehead atoms. The molecule has 190 valence electrons. The molecule has 2 amide bonds. The lowest BCUT2D eigenvalue weighted by Crippen LogP contribution is -2.27. The lowest BCUT2D eigenvalue weighted by atomic mass is 10.1. The van der Waals surface area contributed by atoms with E-state index in [1.165, 1.54) is 23.8 Å². The predicted molar refractivity (Wildman–Crippen MR) is 155 cm³/mol.